The molecule has 0 atom stereocenters. The van der Waals surface area contributed by atoms with Gasteiger partial charge in [0.25, 0.3) is 0 Å². The van der Waals surface area contributed by atoms with Gasteiger partial charge in [0.1, 0.15) is 5.82 Å². The van der Waals surface area contributed by atoms with Crippen LogP contribution in [0.15, 0.2) is 30.3 Å². The number of benzene rings is 1. The number of aryl methyl sites for hydroxylation is 2. The summed E-state index contributed by atoms with van der Waals surface area (Å²) in [5.41, 5.74) is 1.75. The summed E-state index contributed by atoms with van der Waals surface area (Å²) in [4.78, 5) is 14.2. The number of nitrogens with one attached hydrogen (secondary N) is 2. The highest BCUT2D eigenvalue weighted by atomic mass is 32.1. The number of halogens is 1. The minimum atomic E-state index is -0.361. The molecule has 1 aromatic carbocycles. The number of amides is 1. The van der Waals surface area contributed by atoms with Crippen molar-refractivity contribution in [1.82, 2.24) is 5.32 Å². The van der Waals surface area contributed by atoms with Crippen molar-refractivity contribution < 1.29 is 9.18 Å². The largest absolute Gasteiger partial charge is 0.325 e. The van der Waals surface area contributed by atoms with E-state index < -0.39 is 0 Å². The summed E-state index contributed by atoms with van der Waals surface area (Å²) < 4.78 is 13.0. The Bertz CT molecular complexity index is 590. The maximum Gasteiger partial charge on any atom is 0.238 e. The molecule has 1 amide bonds. The molecule has 0 bridgehead atoms. The van der Waals surface area contributed by atoms with Gasteiger partial charge in [-0.1, -0.05) is 6.07 Å². The fraction of sp³-hybridized carbons (Fsp3) is 0.267. The van der Waals surface area contributed by atoms with Crippen LogP contribution >= 0.6 is 11.3 Å². The minimum absolute atomic E-state index is 0.180. The second-order valence-electron chi connectivity index (χ2n) is 4.61. The smallest absolute Gasteiger partial charge is 0.238 e. The zero-order valence-electron chi connectivity index (χ0n) is 11.5. The fourth-order valence-corrected chi connectivity index (χ4v) is 2.83. The second-order valence-corrected chi connectivity index (χ2v) is 5.95. The normalized spacial score (nSPS) is 10.6. The third-order valence-corrected chi connectivity index (χ3v) is 4.06. The van der Waals surface area contributed by atoms with Crippen molar-refractivity contribution in [3.05, 3.63) is 51.5 Å². The highest BCUT2D eigenvalue weighted by Gasteiger charge is 2.04. The van der Waals surface area contributed by atoms with E-state index in [0.29, 0.717) is 12.2 Å². The van der Waals surface area contributed by atoms with Gasteiger partial charge in [-0.3, -0.25) is 4.79 Å². The number of anilines is 1. The van der Waals surface area contributed by atoms with E-state index in [2.05, 4.69) is 30.5 Å². The third-order valence-electron chi connectivity index (χ3n) is 2.91. The molecule has 2 rings (SSSR count). The Labute approximate surface area is 121 Å². The van der Waals surface area contributed by atoms with E-state index in [1.807, 2.05) is 0 Å². The zero-order chi connectivity index (χ0) is 14.5. The van der Waals surface area contributed by atoms with E-state index in [1.54, 1.807) is 23.5 Å². The van der Waals surface area contributed by atoms with Gasteiger partial charge in [0.05, 0.1) is 6.54 Å². The lowest BCUT2D eigenvalue weighted by atomic mass is 10.3. The van der Waals surface area contributed by atoms with Crippen molar-refractivity contribution in [2.24, 2.45) is 0 Å². The lowest BCUT2D eigenvalue weighted by Crippen LogP contribution is -2.27. The molecular weight excluding hydrogens is 275 g/mol. The lowest BCUT2D eigenvalue weighted by molar-refractivity contribution is -0.115. The standard InChI is InChI=1S/C15H17FN2OS/c1-10-6-14(20-11(10)2)8-17-9-15(19)18-13-5-3-4-12(16)7-13/h3-7,17H,8-9H2,1-2H3,(H,18,19). The first kappa shape index (κ1) is 14.7. The van der Waals surface area contributed by atoms with Crippen molar-refractivity contribution in [3.63, 3.8) is 0 Å². The molecule has 0 aliphatic heterocycles. The quantitative estimate of drug-likeness (QED) is 0.888. The Morgan fingerprint density at radius 1 is 1.30 bits per heavy atom. The molecule has 0 aliphatic carbocycles. The molecule has 1 aromatic heterocycles. The number of hydrogen-bond acceptors (Lipinski definition) is 3. The maximum atomic E-state index is 13.0. The van der Waals surface area contributed by atoms with Crippen molar-refractivity contribution in [1.29, 1.82) is 0 Å². The number of thiophene rings is 1. The van der Waals surface area contributed by atoms with Gasteiger partial charge in [0.15, 0.2) is 0 Å². The Morgan fingerprint density at radius 3 is 2.75 bits per heavy atom. The van der Waals surface area contributed by atoms with Crippen LogP contribution in [-0.2, 0) is 11.3 Å². The first-order valence-corrected chi connectivity index (χ1v) is 7.18. The molecular formula is C15H17FN2OS. The first-order valence-electron chi connectivity index (χ1n) is 6.36. The Hall–Kier alpha value is -1.72. The maximum absolute atomic E-state index is 13.0. The topological polar surface area (TPSA) is 41.1 Å². The summed E-state index contributed by atoms with van der Waals surface area (Å²) in [5, 5.41) is 5.73. The SMILES string of the molecule is Cc1cc(CNCC(=O)Nc2cccc(F)c2)sc1C. The summed E-state index contributed by atoms with van der Waals surface area (Å²) in [7, 11) is 0. The van der Waals surface area contributed by atoms with Crippen molar-refractivity contribution >= 4 is 22.9 Å². The van der Waals surface area contributed by atoms with Crippen LogP contribution in [0.2, 0.25) is 0 Å². The van der Waals surface area contributed by atoms with Gasteiger partial charge in [0.2, 0.25) is 5.91 Å². The van der Waals surface area contributed by atoms with E-state index in [-0.39, 0.29) is 18.3 Å². The number of rotatable bonds is 5. The average molecular weight is 292 g/mol. The molecule has 106 valence electrons. The number of hydrogen-bond donors (Lipinski definition) is 2. The summed E-state index contributed by atoms with van der Waals surface area (Å²) in [6.07, 6.45) is 0. The molecule has 0 aliphatic rings. The summed E-state index contributed by atoms with van der Waals surface area (Å²) in [6, 6.07) is 7.99. The van der Waals surface area contributed by atoms with E-state index in [9.17, 15) is 9.18 Å². The molecule has 2 aromatic rings. The molecule has 0 unspecified atom stereocenters. The fourth-order valence-electron chi connectivity index (χ4n) is 1.81. The average Bonchev–Trinajstić information content (AvgIpc) is 2.68. The molecule has 0 radical (unpaired) electrons. The molecule has 0 saturated heterocycles. The van der Waals surface area contributed by atoms with Crippen LogP contribution in [0.25, 0.3) is 0 Å². The van der Waals surface area contributed by atoms with Crippen LogP contribution in [0.1, 0.15) is 15.3 Å². The van der Waals surface area contributed by atoms with Crippen LogP contribution in [0.4, 0.5) is 10.1 Å². The van der Waals surface area contributed by atoms with Gasteiger partial charge in [-0.05, 0) is 43.7 Å². The molecule has 20 heavy (non-hydrogen) atoms. The van der Waals surface area contributed by atoms with Gasteiger partial charge >= 0.3 is 0 Å². The zero-order valence-corrected chi connectivity index (χ0v) is 12.3. The van der Waals surface area contributed by atoms with Gasteiger partial charge in [-0.2, -0.15) is 0 Å². The van der Waals surface area contributed by atoms with Crippen molar-refractivity contribution in [2.75, 3.05) is 11.9 Å². The second kappa shape index (κ2) is 6.63. The molecule has 2 N–H and O–H groups in total. The van der Waals surface area contributed by atoms with Crippen LogP contribution in [0.3, 0.4) is 0 Å². The summed E-state index contributed by atoms with van der Waals surface area (Å²) in [6.45, 7) is 5.02. The number of carbonyl (C=O) groups excluding carboxylic acids is 1. The van der Waals surface area contributed by atoms with Crippen molar-refractivity contribution in [3.8, 4) is 0 Å². The van der Waals surface area contributed by atoms with Gasteiger partial charge in [0, 0.05) is 22.0 Å². The highest BCUT2D eigenvalue weighted by molar-refractivity contribution is 7.12. The van der Waals surface area contributed by atoms with Crippen LogP contribution in [0, 0.1) is 19.7 Å². The van der Waals surface area contributed by atoms with Gasteiger partial charge in [-0.25, -0.2) is 4.39 Å². The van der Waals surface area contributed by atoms with Crippen LogP contribution < -0.4 is 10.6 Å². The molecule has 0 spiro atoms. The monoisotopic (exact) mass is 292 g/mol. The Kier molecular flexibility index (Phi) is 4.87. The van der Waals surface area contributed by atoms with Gasteiger partial charge < -0.3 is 10.6 Å². The highest BCUT2D eigenvalue weighted by Crippen LogP contribution is 2.20. The molecule has 3 nitrogen and oxygen atoms in total. The van der Waals surface area contributed by atoms with E-state index in [4.69, 9.17) is 0 Å². The molecule has 5 heteroatoms. The Morgan fingerprint density at radius 2 is 2.10 bits per heavy atom. The van der Waals surface area contributed by atoms with Gasteiger partial charge in [-0.15, -0.1) is 11.3 Å². The first-order chi connectivity index (χ1) is 9.54. The summed E-state index contributed by atoms with van der Waals surface area (Å²) in [5.74, 6) is -0.541. The van der Waals surface area contributed by atoms with E-state index >= 15 is 0 Å². The lowest BCUT2D eigenvalue weighted by Gasteiger charge is -2.06. The van der Waals surface area contributed by atoms with Crippen molar-refractivity contribution in [2.45, 2.75) is 20.4 Å². The predicted octanol–water partition coefficient (Wildman–Crippen LogP) is 3.23. The Balaban J connectivity index is 1.78. The van der Waals surface area contributed by atoms with E-state index in [1.165, 1.54) is 27.5 Å². The molecule has 0 fully saturated rings. The van der Waals surface area contributed by atoms with E-state index in [0.717, 1.165) is 0 Å². The summed E-state index contributed by atoms with van der Waals surface area (Å²) >= 11 is 1.73. The minimum Gasteiger partial charge on any atom is -0.325 e. The molecule has 1 heterocycles. The predicted molar refractivity (Wildman–Crippen MR) is 80.5 cm³/mol. The van der Waals surface area contributed by atoms with Crippen LogP contribution in [-0.4, -0.2) is 12.5 Å². The van der Waals surface area contributed by atoms with Crippen LogP contribution in [0.5, 0.6) is 0 Å². The third kappa shape index (κ3) is 4.15. The number of carbonyl (C=O) groups is 1. The molecule has 0 saturated carbocycles.